The lowest BCUT2D eigenvalue weighted by atomic mass is 9.92. The van der Waals surface area contributed by atoms with Gasteiger partial charge in [0.15, 0.2) is 0 Å². The Labute approximate surface area is 111 Å². The van der Waals surface area contributed by atoms with Crippen molar-refractivity contribution in [1.82, 2.24) is 9.97 Å². The Bertz CT molecular complexity index is 372. The van der Waals surface area contributed by atoms with Crippen LogP contribution in [-0.4, -0.2) is 9.97 Å². The van der Waals surface area contributed by atoms with E-state index in [4.69, 9.17) is 11.6 Å². The monoisotopic (exact) mass is 304 g/mol. The minimum atomic E-state index is -0.0215. The molecule has 1 aromatic heterocycles. The molecule has 0 bridgehead atoms. The second kappa shape index (κ2) is 5.46. The molecule has 0 amide bonds. The summed E-state index contributed by atoms with van der Waals surface area (Å²) in [4.78, 5) is 8.89. The zero-order valence-corrected chi connectivity index (χ0v) is 12.6. The van der Waals surface area contributed by atoms with Gasteiger partial charge < -0.3 is 0 Å². The first-order chi connectivity index (χ1) is 7.36. The highest BCUT2D eigenvalue weighted by molar-refractivity contribution is 9.10. The van der Waals surface area contributed by atoms with Gasteiger partial charge in [-0.1, -0.05) is 45.7 Å². The van der Waals surface area contributed by atoms with Crippen molar-refractivity contribution in [3.63, 3.8) is 0 Å². The Morgan fingerprint density at radius 2 is 1.88 bits per heavy atom. The van der Waals surface area contributed by atoms with Crippen LogP contribution < -0.4 is 0 Å². The zero-order chi connectivity index (χ0) is 12.3. The molecular formula is C12H18BrClN2. The van der Waals surface area contributed by atoms with Crippen LogP contribution in [0.15, 0.2) is 4.47 Å². The third-order valence-corrected chi connectivity index (χ3v) is 3.57. The van der Waals surface area contributed by atoms with Crippen molar-refractivity contribution >= 4 is 27.5 Å². The van der Waals surface area contributed by atoms with Crippen molar-refractivity contribution in [3.8, 4) is 0 Å². The average Bonchev–Trinajstić information content (AvgIpc) is 2.17. The van der Waals surface area contributed by atoms with E-state index in [9.17, 15) is 0 Å². The number of halogens is 2. The Morgan fingerprint density at radius 1 is 1.25 bits per heavy atom. The number of nitrogens with zero attached hydrogens (tertiary/aromatic N) is 2. The van der Waals surface area contributed by atoms with Gasteiger partial charge in [-0.25, -0.2) is 9.97 Å². The lowest BCUT2D eigenvalue weighted by molar-refractivity contribution is 0.556. The molecule has 0 saturated heterocycles. The summed E-state index contributed by atoms with van der Waals surface area (Å²) in [6.45, 7) is 8.53. The van der Waals surface area contributed by atoms with Crippen LogP contribution in [0.1, 0.15) is 52.1 Å². The maximum atomic E-state index is 6.11. The quantitative estimate of drug-likeness (QED) is 0.767. The van der Waals surface area contributed by atoms with Crippen molar-refractivity contribution < 1.29 is 0 Å². The van der Waals surface area contributed by atoms with Gasteiger partial charge in [0.1, 0.15) is 11.0 Å². The van der Waals surface area contributed by atoms with Gasteiger partial charge >= 0.3 is 0 Å². The van der Waals surface area contributed by atoms with E-state index in [0.29, 0.717) is 5.15 Å². The molecule has 0 spiro atoms. The first-order valence-corrected chi connectivity index (χ1v) is 6.75. The molecule has 1 heterocycles. The largest absolute Gasteiger partial charge is 0.236 e. The molecule has 0 N–H and O–H groups in total. The number of unbranched alkanes of at least 4 members (excludes halogenated alkanes) is 1. The van der Waals surface area contributed by atoms with Crippen molar-refractivity contribution in [2.24, 2.45) is 0 Å². The maximum Gasteiger partial charge on any atom is 0.147 e. The van der Waals surface area contributed by atoms with Gasteiger partial charge in [-0.2, -0.15) is 0 Å². The van der Waals surface area contributed by atoms with Gasteiger partial charge in [-0.3, -0.25) is 0 Å². The second-order valence-corrected chi connectivity index (χ2v) is 6.10. The van der Waals surface area contributed by atoms with Gasteiger partial charge in [-0.15, -0.1) is 0 Å². The summed E-state index contributed by atoms with van der Waals surface area (Å²) in [5, 5.41) is 0.519. The zero-order valence-electron chi connectivity index (χ0n) is 10.3. The molecule has 0 aliphatic carbocycles. The molecule has 0 aromatic carbocycles. The van der Waals surface area contributed by atoms with Crippen molar-refractivity contribution in [2.75, 3.05) is 0 Å². The highest BCUT2D eigenvalue weighted by Gasteiger charge is 2.22. The average molecular weight is 306 g/mol. The van der Waals surface area contributed by atoms with Crippen molar-refractivity contribution in [2.45, 2.75) is 52.4 Å². The maximum absolute atomic E-state index is 6.11. The fourth-order valence-corrected chi connectivity index (χ4v) is 2.37. The molecule has 1 aromatic rings. The molecular weight excluding hydrogens is 288 g/mol. The Morgan fingerprint density at radius 3 is 2.38 bits per heavy atom. The van der Waals surface area contributed by atoms with Gasteiger partial charge in [0, 0.05) is 11.8 Å². The SMILES string of the molecule is CCCCc1nc(Cl)c(Br)c(C(C)(C)C)n1. The molecule has 0 fully saturated rings. The van der Waals surface area contributed by atoms with E-state index in [2.05, 4.69) is 53.6 Å². The summed E-state index contributed by atoms with van der Waals surface area (Å²) in [7, 11) is 0. The van der Waals surface area contributed by atoms with E-state index < -0.39 is 0 Å². The van der Waals surface area contributed by atoms with E-state index in [0.717, 1.165) is 35.3 Å². The molecule has 0 radical (unpaired) electrons. The van der Waals surface area contributed by atoms with Crippen LogP contribution in [0, 0.1) is 0 Å². The van der Waals surface area contributed by atoms with Crippen LogP contribution in [0.5, 0.6) is 0 Å². The van der Waals surface area contributed by atoms with Crippen LogP contribution in [0.2, 0.25) is 5.15 Å². The van der Waals surface area contributed by atoms with Gasteiger partial charge in [0.05, 0.1) is 10.2 Å². The van der Waals surface area contributed by atoms with Crippen LogP contribution in [0.25, 0.3) is 0 Å². The predicted octanol–water partition coefficient (Wildman–Crippen LogP) is 4.53. The highest BCUT2D eigenvalue weighted by Crippen LogP contribution is 2.32. The molecule has 0 aliphatic rings. The Hall–Kier alpha value is -0.150. The fraction of sp³-hybridized carbons (Fsp3) is 0.667. The molecule has 0 saturated carbocycles. The Kier molecular flexibility index (Phi) is 4.74. The molecule has 16 heavy (non-hydrogen) atoms. The van der Waals surface area contributed by atoms with E-state index in [-0.39, 0.29) is 5.41 Å². The lowest BCUT2D eigenvalue weighted by Crippen LogP contribution is -2.17. The summed E-state index contributed by atoms with van der Waals surface area (Å²) in [6, 6.07) is 0. The minimum absolute atomic E-state index is 0.0215. The van der Waals surface area contributed by atoms with Crippen molar-refractivity contribution in [1.29, 1.82) is 0 Å². The van der Waals surface area contributed by atoms with Crippen LogP contribution >= 0.6 is 27.5 Å². The fourth-order valence-electron chi connectivity index (χ4n) is 1.41. The van der Waals surface area contributed by atoms with E-state index in [1.54, 1.807) is 0 Å². The summed E-state index contributed by atoms with van der Waals surface area (Å²) in [5.41, 5.74) is 0.963. The molecule has 4 heteroatoms. The topological polar surface area (TPSA) is 25.8 Å². The first-order valence-electron chi connectivity index (χ1n) is 5.58. The summed E-state index contributed by atoms with van der Waals surface area (Å²) < 4.78 is 0.821. The van der Waals surface area contributed by atoms with E-state index in [1.807, 2.05) is 0 Å². The lowest BCUT2D eigenvalue weighted by Gasteiger charge is -2.20. The number of rotatable bonds is 3. The standard InChI is InChI=1S/C12H18BrClN2/c1-5-6-7-8-15-10(12(2,3)4)9(13)11(14)16-8/h5-7H2,1-4H3. The number of hydrogen-bond donors (Lipinski definition) is 0. The van der Waals surface area contributed by atoms with E-state index >= 15 is 0 Å². The van der Waals surface area contributed by atoms with Crippen molar-refractivity contribution in [3.05, 3.63) is 21.1 Å². The Balaban J connectivity index is 3.12. The second-order valence-electron chi connectivity index (χ2n) is 4.95. The van der Waals surface area contributed by atoms with Gasteiger partial charge in [0.25, 0.3) is 0 Å². The minimum Gasteiger partial charge on any atom is -0.236 e. The van der Waals surface area contributed by atoms with Crippen LogP contribution in [0.3, 0.4) is 0 Å². The summed E-state index contributed by atoms with van der Waals surface area (Å²) >= 11 is 9.57. The molecule has 0 atom stereocenters. The summed E-state index contributed by atoms with van der Waals surface area (Å²) in [5.74, 6) is 0.847. The van der Waals surface area contributed by atoms with Crippen LogP contribution in [-0.2, 0) is 11.8 Å². The number of hydrogen-bond acceptors (Lipinski definition) is 2. The third kappa shape index (κ3) is 3.42. The predicted molar refractivity (Wildman–Crippen MR) is 72.1 cm³/mol. The smallest absolute Gasteiger partial charge is 0.147 e. The van der Waals surface area contributed by atoms with E-state index in [1.165, 1.54) is 0 Å². The highest BCUT2D eigenvalue weighted by atomic mass is 79.9. The molecule has 90 valence electrons. The molecule has 1 rings (SSSR count). The third-order valence-electron chi connectivity index (χ3n) is 2.32. The molecule has 0 aliphatic heterocycles. The summed E-state index contributed by atoms with van der Waals surface area (Å²) in [6.07, 6.45) is 3.13. The van der Waals surface area contributed by atoms with Gasteiger partial charge in [0.2, 0.25) is 0 Å². The number of aryl methyl sites for hydroxylation is 1. The molecule has 0 unspecified atom stereocenters. The normalized spacial score (nSPS) is 11.9. The van der Waals surface area contributed by atoms with Crippen LogP contribution in [0.4, 0.5) is 0 Å². The first kappa shape index (κ1) is 13.9. The van der Waals surface area contributed by atoms with Gasteiger partial charge in [-0.05, 0) is 22.4 Å². The number of aromatic nitrogens is 2. The molecule has 2 nitrogen and oxygen atoms in total.